The standard InChI is InChI=1S/C21H21F3N8O3/c1-10-2-3-12-16(25-10)29-30-17(12)28-20(35)32-11-6-7-31(8-11)14-5-4-13(26-18(14)32)19(34)27-15(9-33)21(22,23)24/h2-5,11,15,33H,6-9H2,1H3,(H,27,34)(H2,25,28,29,30,35)/t11?,15-/m1/s1. The number of amides is 3. The lowest BCUT2D eigenvalue weighted by atomic mass is 10.1. The third-order valence-corrected chi connectivity index (χ3v) is 6.07. The van der Waals surface area contributed by atoms with Crippen LogP contribution in [0, 0.1) is 6.92 Å². The molecule has 2 atom stereocenters. The molecule has 0 spiro atoms. The number of aryl methyl sites for hydroxylation is 1. The van der Waals surface area contributed by atoms with Crippen LogP contribution in [0.5, 0.6) is 0 Å². The highest BCUT2D eigenvalue weighted by Gasteiger charge is 2.42. The average molecular weight is 490 g/mol. The van der Waals surface area contributed by atoms with Crippen LogP contribution in [0.25, 0.3) is 11.0 Å². The van der Waals surface area contributed by atoms with E-state index in [4.69, 9.17) is 5.11 Å². The number of nitrogens with zero attached hydrogens (tertiary/aromatic N) is 5. The summed E-state index contributed by atoms with van der Waals surface area (Å²) in [7, 11) is 0. The predicted molar refractivity (Wildman–Crippen MR) is 119 cm³/mol. The van der Waals surface area contributed by atoms with Gasteiger partial charge in [0.1, 0.15) is 11.7 Å². The number of aliphatic hydroxyl groups excluding tert-OH is 1. The molecule has 2 aliphatic heterocycles. The Morgan fingerprint density at radius 2 is 2.06 bits per heavy atom. The Labute approximate surface area is 196 Å². The highest BCUT2D eigenvalue weighted by atomic mass is 19.4. The molecule has 5 heterocycles. The first-order valence-electron chi connectivity index (χ1n) is 10.8. The summed E-state index contributed by atoms with van der Waals surface area (Å²) in [5.74, 6) is -0.688. The van der Waals surface area contributed by atoms with Crippen LogP contribution in [0.4, 0.5) is 35.3 Å². The van der Waals surface area contributed by atoms with E-state index in [0.717, 1.165) is 5.69 Å². The zero-order valence-electron chi connectivity index (χ0n) is 18.4. The molecule has 184 valence electrons. The van der Waals surface area contributed by atoms with E-state index in [9.17, 15) is 22.8 Å². The Bertz CT molecular complexity index is 1310. The van der Waals surface area contributed by atoms with Gasteiger partial charge in [0.25, 0.3) is 5.91 Å². The normalized spacial score (nSPS) is 17.9. The second-order valence-corrected chi connectivity index (χ2v) is 8.40. The van der Waals surface area contributed by atoms with Gasteiger partial charge >= 0.3 is 12.2 Å². The topological polar surface area (TPSA) is 139 Å². The first-order chi connectivity index (χ1) is 16.7. The summed E-state index contributed by atoms with van der Waals surface area (Å²) >= 11 is 0. The molecule has 0 saturated carbocycles. The van der Waals surface area contributed by atoms with E-state index in [0.29, 0.717) is 36.2 Å². The number of halogens is 3. The number of rotatable bonds is 4. The first-order valence-corrected chi connectivity index (χ1v) is 10.8. The van der Waals surface area contributed by atoms with Crippen molar-refractivity contribution in [2.24, 2.45) is 0 Å². The number of nitrogens with one attached hydrogen (secondary N) is 3. The third kappa shape index (κ3) is 4.09. The van der Waals surface area contributed by atoms with E-state index in [1.165, 1.54) is 11.0 Å². The van der Waals surface area contributed by atoms with Gasteiger partial charge in [0, 0.05) is 18.8 Å². The van der Waals surface area contributed by atoms with Gasteiger partial charge in [-0.3, -0.25) is 20.1 Å². The van der Waals surface area contributed by atoms with E-state index in [1.54, 1.807) is 23.5 Å². The van der Waals surface area contributed by atoms with Crippen molar-refractivity contribution in [1.82, 2.24) is 25.5 Å². The molecule has 1 unspecified atom stereocenters. The molecule has 14 heteroatoms. The van der Waals surface area contributed by atoms with Crippen LogP contribution in [-0.4, -0.2) is 75.2 Å². The smallest absolute Gasteiger partial charge is 0.394 e. The molecule has 0 aliphatic carbocycles. The molecule has 1 saturated heterocycles. The van der Waals surface area contributed by atoms with Gasteiger partial charge in [-0.2, -0.15) is 18.3 Å². The number of carbonyl (C=O) groups excluding carboxylic acids is 2. The summed E-state index contributed by atoms with van der Waals surface area (Å²) in [5.41, 5.74) is 1.56. The molecular formula is C21H21F3N8O3. The van der Waals surface area contributed by atoms with Crippen molar-refractivity contribution in [1.29, 1.82) is 0 Å². The fraction of sp³-hybridized carbons (Fsp3) is 0.381. The maximum atomic E-state index is 13.4. The molecule has 3 aromatic rings. The van der Waals surface area contributed by atoms with Gasteiger partial charge in [-0.15, -0.1) is 0 Å². The molecule has 2 aliphatic rings. The number of alkyl halides is 3. The minimum absolute atomic E-state index is 0.158. The van der Waals surface area contributed by atoms with Gasteiger partial charge in [-0.25, -0.2) is 14.8 Å². The molecule has 1 fully saturated rings. The fourth-order valence-corrected chi connectivity index (χ4v) is 4.32. The maximum Gasteiger partial charge on any atom is 0.410 e. The monoisotopic (exact) mass is 490 g/mol. The van der Waals surface area contributed by atoms with E-state index in [-0.39, 0.29) is 23.4 Å². The average Bonchev–Trinajstić information content (AvgIpc) is 3.40. The van der Waals surface area contributed by atoms with Crippen LogP contribution in [-0.2, 0) is 0 Å². The first kappa shape index (κ1) is 22.8. The van der Waals surface area contributed by atoms with Crippen LogP contribution in [0.15, 0.2) is 24.3 Å². The van der Waals surface area contributed by atoms with Crippen molar-refractivity contribution in [3.05, 3.63) is 35.7 Å². The second-order valence-electron chi connectivity index (χ2n) is 8.40. The number of fused-ring (bicyclic) bond motifs is 5. The summed E-state index contributed by atoms with van der Waals surface area (Å²) in [6.07, 6.45) is -4.18. The van der Waals surface area contributed by atoms with E-state index < -0.39 is 30.8 Å². The lowest BCUT2D eigenvalue weighted by Crippen LogP contribution is -2.49. The Balaban J connectivity index is 1.45. The summed E-state index contributed by atoms with van der Waals surface area (Å²) in [6.45, 7) is 1.72. The molecule has 11 nitrogen and oxygen atoms in total. The lowest BCUT2D eigenvalue weighted by molar-refractivity contribution is -0.161. The number of H-pyrrole nitrogens is 1. The molecule has 2 bridgehead atoms. The van der Waals surface area contributed by atoms with Crippen LogP contribution >= 0.6 is 0 Å². The number of urea groups is 1. The van der Waals surface area contributed by atoms with Crippen LogP contribution in [0.1, 0.15) is 22.6 Å². The fourth-order valence-electron chi connectivity index (χ4n) is 4.32. The minimum Gasteiger partial charge on any atom is -0.394 e. The van der Waals surface area contributed by atoms with Crippen molar-refractivity contribution in [3.63, 3.8) is 0 Å². The highest BCUT2D eigenvalue weighted by Crippen LogP contribution is 2.39. The second kappa shape index (κ2) is 8.37. The van der Waals surface area contributed by atoms with Gasteiger partial charge in [-0.05, 0) is 37.6 Å². The molecule has 4 N–H and O–H groups in total. The minimum atomic E-state index is -4.82. The quantitative estimate of drug-likeness (QED) is 0.438. The number of hydrogen-bond acceptors (Lipinski definition) is 7. The molecule has 3 aromatic heterocycles. The van der Waals surface area contributed by atoms with Gasteiger partial charge in [0.05, 0.1) is 23.7 Å². The zero-order valence-corrected chi connectivity index (χ0v) is 18.4. The van der Waals surface area contributed by atoms with Crippen molar-refractivity contribution in [2.45, 2.75) is 31.6 Å². The van der Waals surface area contributed by atoms with E-state index in [2.05, 4.69) is 25.5 Å². The maximum absolute atomic E-state index is 13.4. The predicted octanol–water partition coefficient (Wildman–Crippen LogP) is 1.95. The number of aliphatic hydroxyl groups is 1. The largest absolute Gasteiger partial charge is 0.410 e. The van der Waals surface area contributed by atoms with Crippen LogP contribution in [0.2, 0.25) is 0 Å². The van der Waals surface area contributed by atoms with Gasteiger partial charge < -0.3 is 15.3 Å². The van der Waals surface area contributed by atoms with Crippen molar-refractivity contribution in [2.75, 3.05) is 34.8 Å². The zero-order chi connectivity index (χ0) is 24.9. The lowest BCUT2D eigenvalue weighted by Gasteiger charge is -2.35. The van der Waals surface area contributed by atoms with Crippen molar-refractivity contribution >= 4 is 40.3 Å². The molecular weight excluding hydrogens is 469 g/mol. The third-order valence-electron chi connectivity index (χ3n) is 6.07. The Kier molecular flexibility index (Phi) is 5.46. The van der Waals surface area contributed by atoms with Crippen LogP contribution < -0.4 is 20.4 Å². The molecule has 0 radical (unpaired) electrons. The van der Waals surface area contributed by atoms with E-state index >= 15 is 0 Å². The number of pyridine rings is 2. The van der Waals surface area contributed by atoms with Crippen molar-refractivity contribution in [3.8, 4) is 0 Å². The summed E-state index contributed by atoms with van der Waals surface area (Å²) in [5, 5.41) is 21.0. The van der Waals surface area contributed by atoms with E-state index in [1.807, 2.05) is 11.8 Å². The SMILES string of the molecule is Cc1ccc2c(NC(=O)N3c4nc(C(=O)N[C@H](CO)C(F)(F)F)ccc4N4CCC3C4)n[nH]c2n1. The number of aromatic amines is 1. The summed E-state index contributed by atoms with van der Waals surface area (Å²) in [6, 6.07) is 3.18. The summed E-state index contributed by atoms with van der Waals surface area (Å²) in [4.78, 5) is 37.8. The summed E-state index contributed by atoms with van der Waals surface area (Å²) < 4.78 is 39.0. The Hall–Kier alpha value is -3.94. The number of hydrogen-bond donors (Lipinski definition) is 4. The number of anilines is 3. The molecule has 5 rings (SSSR count). The Morgan fingerprint density at radius 1 is 1.26 bits per heavy atom. The number of aromatic nitrogens is 4. The molecule has 35 heavy (non-hydrogen) atoms. The van der Waals surface area contributed by atoms with Crippen LogP contribution in [0.3, 0.4) is 0 Å². The number of carbonyl (C=O) groups is 2. The Morgan fingerprint density at radius 3 is 2.80 bits per heavy atom. The molecule has 3 amide bonds. The van der Waals surface area contributed by atoms with Gasteiger partial charge in [0.15, 0.2) is 17.3 Å². The van der Waals surface area contributed by atoms with Gasteiger partial charge in [-0.1, -0.05) is 0 Å². The molecule has 0 aromatic carbocycles. The van der Waals surface area contributed by atoms with Crippen molar-refractivity contribution < 1.29 is 27.9 Å². The van der Waals surface area contributed by atoms with Gasteiger partial charge in [0.2, 0.25) is 0 Å². The highest BCUT2D eigenvalue weighted by molar-refractivity contribution is 6.08.